The van der Waals surface area contributed by atoms with Gasteiger partial charge >= 0.3 is 5.97 Å². The number of carbonyl (C=O) groups is 2. The summed E-state index contributed by atoms with van der Waals surface area (Å²) in [6.45, 7) is -0.657. The molecule has 3 aromatic carbocycles. The van der Waals surface area contributed by atoms with Crippen molar-refractivity contribution in [2.75, 3.05) is 23.8 Å². The molecule has 10 nitrogen and oxygen atoms in total. The van der Waals surface area contributed by atoms with Gasteiger partial charge in [-0.25, -0.2) is 18.2 Å². The predicted octanol–water partition coefficient (Wildman–Crippen LogP) is 3.61. The van der Waals surface area contributed by atoms with E-state index in [9.17, 15) is 23.1 Å². The number of fused-ring (bicyclic) bond motifs is 1. The number of phenolic OH excluding ortho intramolecular Hbond substituents is 1. The van der Waals surface area contributed by atoms with E-state index < -0.39 is 39.8 Å². The maximum Gasteiger partial charge on any atom is 0.342 e. The van der Waals surface area contributed by atoms with Gasteiger partial charge in [-0.15, -0.1) is 0 Å². The van der Waals surface area contributed by atoms with Crippen LogP contribution in [0.3, 0.4) is 0 Å². The van der Waals surface area contributed by atoms with E-state index in [0.29, 0.717) is 10.9 Å². The van der Waals surface area contributed by atoms with Crippen molar-refractivity contribution in [2.24, 2.45) is 0 Å². The van der Waals surface area contributed by atoms with Crippen molar-refractivity contribution in [2.45, 2.75) is 4.90 Å². The highest BCUT2D eigenvalue weighted by atomic mass is 32.2. The number of methoxy groups -OCH3 is 1. The van der Waals surface area contributed by atoms with Crippen molar-refractivity contribution >= 4 is 54.3 Å². The van der Waals surface area contributed by atoms with Gasteiger partial charge in [0.05, 0.1) is 22.2 Å². The SMILES string of the molecule is COc1ccc(NS(=O)(=O)c2ccc(O)c(C(=O)OCC(=O)Nc3nc4ccccc4s3)c2)cc1. The lowest BCUT2D eigenvalue weighted by molar-refractivity contribution is -0.119. The minimum atomic E-state index is -4.09. The molecule has 180 valence electrons. The van der Waals surface area contributed by atoms with E-state index in [-0.39, 0.29) is 10.6 Å². The van der Waals surface area contributed by atoms with Gasteiger partial charge in [0.1, 0.15) is 17.1 Å². The van der Waals surface area contributed by atoms with Gasteiger partial charge in [-0.2, -0.15) is 0 Å². The van der Waals surface area contributed by atoms with Crippen LogP contribution in [-0.4, -0.2) is 44.1 Å². The maximum absolute atomic E-state index is 12.7. The second-order valence-electron chi connectivity index (χ2n) is 7.12. The number of hydrogen-bond acceptors (Lipinski definition) is 9. The number of thiazole rings is 1. The predicted molar refractivity (Wildman–Crippen MR) is 130 cm³/mol. The first kappa shape index (κ1) is 24.0. The minimum absolute atomic E-state index is 0.273. The summed E-state index contributed by atoms with van der Waals surface area (Å²) in [6.07, 6.45) is 0. The summed E-state index contributed by atoms with van der Waals surface area (Å²) in [7, 11) is -2.60. The molecule has 0 spiro atoms. The van der Waals surface area contributed by atoms with Crippen molar-refractivity contribution in [1.82, 2.24) is 4.98 Å². The number of hydrogen-bond donors (Lipinski definition) is 3. The number of sulfonamides is 1. The van der Waals surface area contributed by atoms with Crippen LogP contribution >= 0.6 is 11.3 Å². The zero-order valence-corrected chi connectivity index (χ0v) is 19.9. The number of nitrogens with zero attached hydrogens (tertiary/aromatic N) is 1. The zero-order valence-electron chi connectivity index (χ0n) is 18.2. The first-order valence-corrected chi connectivity index (χ1v) is 12.4. The third-order valence-corrected chi connectivity index (χ3v) is 7.05. The van der Waals surface area contributed by atoms with Crippen molar-refractivity contribution in [3.8, 4) is 11.5 Å². The lowest BCUT2D eigenvalue weighted by atomic mass is 10.2. The topological polar surface area (TPSA) is 144 Å². The number of rotatable bonds is 8. The molecule has 0 saturated carbocycles. The summed E-state index contributed by atoms with van der Waals surface area (Å²) >= 11 is 1.26. The minimum Gasteiger partial charge on any atom is -0.507 e. The summed E-state index contributed by atoms with van der Waals surface area (Å²) in [5.74, 6) is -1.65. The summed E-state index contributed by atoms with van der Waals surface area (Å²) in [6, 6.07) is 16.7. The molecule has 35 heavy (non-hydrogen) atoms. The highest BCUT2D eigenvalue weighted by molar-refractivity contribution is 7.92. The molecule has 4 rings (SSSR count). The standard InChI is InChI=1S/C23H19N3O7S2/c1-32-15-8-6-14(7-9-15)26-35(30,31)16-10-11-19(27)17(12-16)22(29)33-13-21(28)25-23-24-18-4-2-3-5-20(18)34-23/h2-12,26-27H,13H2,1H3,(H,24,25,28). The van der Waals surface area contributed by atoms with E-state index in [0.717, 1.165) is 28.4 Å². The fourth-order valence-electron chi connectivity index (χ4n) is 3.01. The van der Waals surface area contributed by atoms with E-state index in [1.54, 1.807) is 18.2 Å². The molecule has 0 aliphatic rings. The van der Waals surface area contributed by atoms with Gasteiger partial charge in [-0.3, -0.25) is 14.8 Å². The molecule has 4 aromatic rings. The molecule has 3 N–H and O–H groups in total. The Morgan fingerprint density at radius 3 is 2.51 bits per heavy atom. The number of amides is 1. The largest absolute Gasteiger partial charge is 0.507 e. The summed E-state index contributed by atoms with van der Waals surface area (Å²) < 4.78 is 38.7. The molecule has 1 aromatic heterocycles. The van der Waals surface area contributed by atoms with Crippen LogP contribution < -0.4 is 14.8 Å². The Hall–Kier alpha value is -4.16. The number of anilines is 2. The molecule has 12 heteroatoms. The van der Waals surface area contributed by atoms with Gasteiger partial charge in [-0.05, 0) is 54.6 Å². The second-order valence-corrected chi connectivity index (χ2v) is 9.84. The summed E-state index contributed by atoms with van der Waals surface area (Å²) in [5.41, 5.74) is 0.584. The molecule has 0 atom stereocenters. The number of nitrogens with one attached hydrogen (secondary N) is 2. The first-order chi connectivity index (χ1) is 16.7. The van der Waals surface area contributed by atoms with E-state index in [4.69, 9.17) is 9.47 Å². The molecule has 0 aliphatic heterocycles. The third kappa shape index (κ3) is 5.67. The Bertz CT molecular complexity index is 1470. The van der Waals surface area contributed by atoms with Gasteiger partial charge in [0, 0.05) is 5.69 Å². The molecule has 1 heterocycles. The fraction of sp³-hybridized carbons (Fsp3) is 0.0870. The van der Waals surface area contributed by atoms with E-state index in [1.165, 1.54) is 30.6 Å². The van der Waals surface area contributed by atoms with Gasteiger partial charge in [0.25, 0.3) is 15.9 Å². The number of esters is 1. The lowest BCUT2D eigenvalue weighted by Gasteiger charge is -2.11. The second kappa shape index (κ2) is 9.99. The molecule has 0 bridgehead atoms. The van der Waals surface area contributed by atoms with Crippen molar-refractivity contribution in [1.29, 1.82) is 0 Å². The van der Waals surface area contributed by atoms with Gasteiger partial charge < -0.3 is 14.6 Å². The van der Waals surface area contributed by atoms with E-state index in [2.05, 4.69) is 15.0 Å². The molecule has 1 amide bonds. The number of aromatic nitrogens is 1. The van der Waals surface area contributed by atoms with Crippen LogP contribution in [0, 0.1) is 0 Å². The summed E-state index contributed by atoms with van der Waals surface area (Å²) in [5, 5.41) is 12.9. The van der Waals surface area contributed by atoms with Crippen LogP contribution in [0.5, 0.6) is 11.5 Å². The zero-order chi connectivity index (χ0) is 25.0. The average molecular weight is 514 g/mol. The maximum atomic E-state index is 12.7. The van der Waals surface area contributed by atoms with Crippen LogP contribution in [0.25, 0.3) is 10.2 Å². The number of ether oxygens (including phenoxy) is 2. The van der Waals surface area contributed by atoms with Crippen LogP contribution in [-0.2, 0) is 19.6 Å². The summed E-state index contributed by atoms with van der Waals surface area (Å²) in [4.78, 5) is 28.6. The number of aromatic hydroxyl groups is 1. The Kier molecular flexibility index (Phi) is 6.85. The number of para-hydroxylation sites is 1. The smallest absolute Gasteiger partial charge is 0.342 e. The molecule has 0 unspecified atom stereocenters. The van der Waals surface area contributed by atoms with Crippen molar-refractivity contribution in [3.63, 3.8) is 0 Å². The first-order valence-electron chi connectivity index (χ1n) is 10.1. The number of carbonyl (C=O) groups excluding carboxylic acids is 2. The Labute approximate surface area is 204 Å². The fourth-order valence-corrected chi connectivity index (χ4v) is 4.98. The van der Waals surface area contributed by atoms with Crippen LogP contribution in [0.15, 0.2) is 71.6 Å². The third-order valence-electron chi connectivity index (χ3n) is 4.72. The highest BCUT2D eigenvalue weighted by Gasteiger charge is 2.21. The quantitative estimate of drug-likeness (QED) is 0.303. The molecule has 0 radical (unpaired) electrons. The molecule has 0 saturated heterocycles. The van der Waals surface area contributed by atoms with E-state index in [1.807, 2.05) is 18.2 Å². The van der Waals surface area contributed by atoms with Gasteiger partial charge in [0.2, 0.25) is 0 Å². The monoisotopic (exact) mass is 513 g/mol. The Balaban J connectivity index is 1.42. The Morgan fingerprint density at radius 1 is 1.06 bits per heavy atom. The Morgan fingerprint density at radius 2 is 1.80 bits per heavy atom. The molecular formula is C23H19N3O7S2. The molecular weight excluding hydrogens is 494 g/mol. The van der Waals surface area contributed by atoms with Gasteiger partial charge in [0.15, 0.2) is 11.7 Å². The lowest BCUT2D eigenvalue weighted by Crippen LogP contribution is -2.21. The van der Waals surface area contributed by atoms with Crippen molar-refractivity contribution in [3.05, 3.63) is 72.3 Å². The number of phenols is 1. The highest BCUT2D eigenvalue weighted by Crippen LogP contribution is 2.26. The normalized spacial score (nSPS) is 11.1. The van der Waals surface area contributed by atoms with Crippen LogP contribution in [0.4, 0.5) is 10.8 Å². The van der Waals surface area contributed by atoms with Crippen LogP contribution in [0.1, 0.15) is 10.4 Å². The van der Waals surface area contributed by atoms with Crippen LogP contribution in [0.2, 0.25) is 0 Å². The van der Waals surface area contributed by atoms with Gasteiger partial charge in [-0.1, -0.05) is 23.5 Å². The average Bonchev–Trinajstić information content (AvgIpc) is 3.25. The van der Waals surface area contributed by atoms with Crippen molar-refractivity contribution < 1.29 is 32.6 Å². The number of benzene rings is 3. The molecule has 0 aliphatic carbocycles. The molecule has 0 fully saturated rings. The van der Waals surface area contributed by atoms with E-state index >= 15 is 0 Å².